The Hall–Kier alpha value is -5.27. The second kappa shape index (κ2) is 15.8. The molecule has 1 aliphatic heterocycles. The Kier molecular flexibility index (Phi) is 11.3. The number of hydrogen-bond donors (Lipinski definition) is 5. The fraction of sp³-hybridized carbons (Fsp3) is 0.222. The van der Waals surface area contributed by atoms with Crippen LogP contribution in [-0.4, -0.2) is 64.1 Å². The summed E-state index contributed by atoms with van der Waals surface area (Å²) in [5.41, 5.74) is 1.42. The second-order valence-electron chi connectivity index (χ2n) is 11.3. The van der Waals surface area contributed by atoms with Gasteiger partial charge in [-0.15, -0.1) is 11.8 Å². The van der Waals surface area contributed by atoms with Crippen molar-refractivity contribution in [1.82, 2.24) is 16.0 Å². The Morgan fingerprint density at radius 3 is 2.04 bits per heavy atom. The smallest absolute Gasteiger partial charge is 0.326 e. The average molecular weight is 690 g/mol. The van der Waals surface area contributed by atoms with Crippen LogP contribution in [0.25, 0.3) is 0 Å². The van der Waals surface area contributed by atoms with E-state index < -0.39 is 65.5 Å². The van der Waals surface area contributed by atoms with Crippen molar-refractivity contribution >= 4 is 35.5 Å². The van der Waals surface area contributed by atoms with E-state index in [0.717, 1.165) is 5.56 Å². The molecule has 1 unspecified atom stereocenters. The number of aliphatic hydroxyl groups is 1. The third-order valence-electron chi connectivity index (χ3n) is 7.97. The monoisotopic (exact) mass is 689 g/mol. The van der Waals surface area contributed by atoms with E-state index in [9.17, 15) is 38.2 Å². The van der Waals surface area contributed by atoms with Gasteiger partial charge in [0.05, 0.1) is 12.6 Å². The number of hydrogen-bond acceptors (Lipinski definition) is 7. The Balaban J connectivity index is 1.19. The van der Waals surface area contributed by atoms with Crippen molar-refractivity contribution in [1.29, 1.82) is 0 Å². The molecule has 0 spiro atoms. The summed E-state index contributed by atoms with van der Waals surface area (Å²) in [5.74, 6) is -3.21. The minimum absolute atomic E-state index is 0.0818. The summed E-state index contributed by atoms with van der Waals surface area (Å²) in [6, 6.07) is 25.4. The van der Waals surface area contributed by atoms with Crippen LogP contribution in [0.3, 0.4) is 0 Å². The summed E-state index contributed by atoms with van der Waals surface area (Å²) in [6.07, 6.45) is -0.885. The van der Waals surface area contributed by atoms with Crippen molar-refractivity contribution in [2.24, 2.45) is 0 Å². The van der Waals surface area contributed by atoms with Gasteiger partial charge < -0.3 is 30.9 Å². The molecule has 49 heavy (non-hydrogen) atoms. The molecule has 13 heteroatoms. The number of rotatable bonds is 15. The molecule has 1 fully saturated rings. The van der Waals surface area contributed by atoms with Crippen LogP contribution in [0.15, 0.2) is 103 Å². The summed E-state index contributed by atoms with van der Waals surface area (Å²) in [4.78, 5) is 49.3. The number of benzene rings is 4. The van der Waals surface area contributed by atoms with E-state index in [0.29, 0.717) is 22.4 Å². The molecule has 4 atom stereocenters. The number of carboxylic acid groups (broad SMARTS) is 1. The molecule has 0 aromatic heterocycles. The molecule has 3 amide bonds. The zero-order valence-corrected chi connectivity index (χ0v) is 26.8. The largest absolute Gasteiger partial charge is 0.484 e. The van der Waals surface area contributed by atoms with Gasteiger partial charge in [0.2, 0.25) is 11.8 Å². The van der Waals surface area contributed by atoms with Crippen LogP contribution in [0.1, 0.15) is 28.4 Å². The summed E-state index contributed by atoms with van der Waals surface area (Å²) < 4.78 is 32.8. The fourth-order valence-corrected chi connectivity index (χ4v) is 6.79. The van der Waals surface area contributed by atoms with Gasteiger partial charge in [-0.2, -0.15) is 0 Å². The number of β-lactam (4-membered cyclic amide) rings is 1. The van der Waals surface area contributed by atoms with Crippen molar-refractivity contribution in [2.75, 3.05) is 18.9 Å². The van der Waals surface area contributed by atoms with Gasteiger partial charge in [0, 0.05) is 12.2 Å². The molecule has 5 rings (SSSR count). The second-order valence-corrected chi connectivity index (χ2v) is 12.5. The van der Waals surface area contributed by atoms with Crippen molar-refractivity contribution in [3.8, 4) is 5.75 Å². The van der Waals surface area contributed by atoms with E-state index >= 15 is 0 Å². The molecule has 10 nitrogen and oxygen atoms in total. The molecular formula is C36H33F2N3O7S. The lowest BCUT2D eigenvalue weighted by Crippen LogP contribution is -2.69. The summed E-state index contributed by atoms with van der Waals surface area (Å²) in [5, 5.41) is 27.3. The fourth-order valence-electron chi connectivity index (χ4n) is 5.43. The number of nitrogens with one attached hydrogen (secondary N) is 3. The molecule has 1 aliphatic rings. The lowest BCUT2D eigenvalue weighted by molar-refractivity contribution is -0.141. The number of thioether (sulfide) groups is 1. The standard InChI is InChI=1S/C36H33F2N3O7S/c37-26-12-6-23(7-13-26)30(42)21-49-33-34(45)41-36(33,24-8-14-27(38)15-9-24)25-10-16-28(17-11-25)48-20-32(44)39-19-31(43)40-29(35(46)47)18-22-4-2-1-3-5-22/h1-17,29-30,33,42H,18-21H2,(H,39,44)(H,40,43)(H,41,45)(H,46,47)/t29-,30?,33-,36-/m0/s1. The van der Waals surface area contributed by atoms with Gasteiger partial charge in [0.25, 0.3) is 5.91 Å². The number of carbonyl (C=O) groups excluding carboxylic acids is 3. The highest BCUT2D eigenvalue weighted by molar-refractivity contribution is 8.00. The minimum atomic E-state index is -1.20. The first-order valence-corrected chi connectivity index (χ1v) is 16.3. The molecule has 0 radical (unpaired) electrons. The van der Waals surface area contributed by atoms with Gasteiger partial charge >= 0.3 is 5.97 Å². The first kappa shape index (κ1) is 35.0. The van der Waals surface area contributed by atoms with Crippen LogP contribution in [0.5, 0.6) is 5.75 Å². The summed E-state index contributed by atoms with van der Waals surface area (Å²) in [7, 11) is 0. The molecule has 254 valence electrons. The third-order valence-corrected chi connectivity index (χ3v) is 9.38. The van der Waals surface area contributed by atoms with Crippen LogP contribution >= 0.6 is 11.8 Å². The van der Waals surface area contributed by atoms with Crippen LogP contribution in [0.4, 0.5) is 8.78 Å². The maximum atomic E-state index is 13.9. The van der Waals surface area contributed by atoms with Crippen molar-refractivity contribution in [2.45, 2.75) is 29.4 Å². The van der Waals surface area contributed by atoms with Crippen LogP contribution in [0, 0.1) is 11.6 Å². The van der Waals surface area contributed by atoms with Crippen molar-refractivity contribution in [3.63, 3.8) is 0 Å². The zero-order valence-electron chi connectivity index (χ0n) is 26.0. The Bertz CT molecular complexity index is 1780. The van der Waals surface area contributed by atoms with E-state index in [1.807, 2.05) is 0 Å². The highest BCUT2D eigenvalue weighted by Gasteiger charge is 2.56. The number of carbonyl (C=O) groups is 4. The number of aliphatic hydroxyl groups excluding tert-OH is 1. The molecule has 0 bridgehead atoms. The number of carboxylic acids is 1. The number of halogens is 2. The molecular weight excluding hydrogens is 656 g/mol. The quantitative estimate of drug-likeness (QED) is 0.119. The summed E-state index contributed by atoms with van der Waals surface area (Å²) in [6.45, 7) is -0.882. The third kappa shape index (κ3) is 8.61. The van der Waals surface area contributed by atoms with Gasteiger partial charge in [0.1, 0.15) is 34.2 Å². The van der Waals surface area contributed by atoms with Gasteiger partial charge in [-0.05, 0) is 58.7 Å². The SMILES string of the molecule is O=C(COc1ccc([C@]2(c3ccc(F)cc3)NC(=O)[C@@H]2SCC(O)c2ccc(F)cc2)cc1)NCC(=O)N[C@@H](Cc1ccccc1)C(=O)O. The van der Waals surface area contributed by atoms with E-state index in [-0.39, 0.29) is 18.1 Å². The van der Waals surface area contributed by atoms with E-state index in [1.165, 1.54) is 48.2 Å². The maximum Gasteiger partial charge on any atom is 0.326 e. The molecule has 4 aromatic rings. The Morgan fingerprint density at radius 1 is 0.857 bits per heavy atom. The lowest BCUT2D eigenvalue weighted by atomic mass is 9.74. The van der Waals surface area contributed by atoms with Crippen LogP contribution in [0.2, 0.25) is 0 Å². The van der Waals surface area contributed by atoms with Gasteiger partial charge in [-0.3, -0.25) is 14.4 Å². The van der Waals surface area contributed by atoms with Gasteiger partial charge in [-0.1, -0.05) is 66.7 Å². The highest BCUT2D eigenvalue weighted by atomic mass is 32.2. The van der Waals surface area contributed by atoms with Crippen LogP contribution in [-0.2, 0) is 31.1 Å². The topological polar surface area (TPSA) is 154 Å². The molecule has 0 aliphatic carbocycles. The Labute approximate surface area is 284 Å². The molecule has 4 aromatic carbocycles. The van der Waals surface area contributed by atoms with Gasteiger partial charge in [-0.25, -0.2) is 13.6 Å². The van der Waals surface area contributed by atoms with Crippen molar-refractivity contribution < 1.29 is 42.9 Å². The zero-order chi connectivity index (χ0) is 35.0. The number of amides is 3. The van der Waals surface area contributed by atoms with Gasteiger partial charge in [0.15, 0.2) is 6.61 Å². The van der Waals surface area contributed by atoms with E-state index in [2.05, 4.69) is 16.0 Å². The average Bonchev–Trinajstić information content (AvgIpc) is 3.09. The van der Waals surface area contributed by atoms with Crippen LogP contribution < -0.4 is 20.7 Å². The first-order chi connectivity index (χ1) is 23.5. The molecule has 0 saturated carbocycles. The first-order valence-electron chi connectivity index (χ1n) is 15.2. The predicted molar refractivity (Wildman–Crippen MR) is 178 cm³/mol. The maximum absolute atomic E-state index is 13.9. The predicted octanol–water partition coefficient (Wildman–Crippen LogP) is 3.48. The lowest BCUT2D eigenvalue weighted by Gasteiger charge is -2.50. The number of aliphatic carboxylic acids is 1. The molecule has 5 N–H and O–H groups in total. The highest BCUT2D eigenvalue weighted by Crippen LogP contribution is 2.46. The molecule has 1 saturated heterocycles. The minimum Gasteiger partial charge on any atom is -0.484 e. The number of ether oxygens (including phenoxy) is 1. The Morgan fingerprint density at radius 2 is 1.45 bits per heavy atom. The molecule has 1 heterocycles. The normalized spacial score (nSPS) is 17.9. The van der Waals surface area contributed by atoms with Crippen molar-refractivity contribution in [3.05, 3.63) is 137 Å². The van der Waals surface area contributed by atoms with E-state index in [4.69, 9.17) is 4.74 Å². The van der Waals surface area contributed by atoms with E-state index in [1.54, 1.807) is 66.7 Å². The summed E-state index contributed by atoms with van der Waals surface area (Å²) >= 11 is 1.21.